The Morgan fingerprint density at radius 2 is 1.74 bits per heavy atom. The molecule has 0 saturated heterocycles. The van der Waals surface area contributed by atoms with Gasteiger partial charge in [0.05, 0.1) is 17.8 Å². The number of thioether (sulfide) groups is 1. The van der Waals surface area contributed by atoms with E-state index in [1.54, 1.807) is 31.2 Å². The minimum Gasteiger partial charge on any atom is -0.497 e. The van der Waals surface area contributed by atoms with Gasteiger partial charge in [-0.2, -0.15) is 0 Å². The maximum absolute atomic E-state index is 13.0. The SMILES string of the molecule is CC[C@@H](C(=O)NC)N(Cc1ccc(OC)cc1)C(=O)CSCc1ccc([N+](=O)[O-])cc1. The number of carbonyl (C=O) groups is 2. The summed E-state index contributed by atoms with van der Waals surface area (Å²) in [6.45, 7) is 2.19. The summed E-state index contributed by atoms with van der Waals surface area (Å²) in [5.74, 6) is 1.11. The molecule has 2 aromatic rings. The van der Waals surface area contributed by atoms with Gasteiger partial charge in [0.25, 0.3) is 5.69 Å². The molecule has 0 heterocycles. The number of nitro groups is 1. The van der Waals surface area contributed by atoms with E-state index in [-0.39, 0.29) is 23.3 Å². The molecule has 0 fully saturated rings. The van der Waals surface area contributed by atoms with Crippen molar-refractivity contribution in [1.82, 2.24) is 10.2 Å². The van der Waals surface area contributed by atoms with Crippen LogP contribution in [-0.4, -0.2) is 47.6 Å². The molecule has 0 aromatic heterocycles. The third-order valence-electron chi connectivity index (χ3n) is 4.79. The number of hydrogen-bond donors (Lipinski definition) is 1. The summed E-state index contributed by atoms with van der Waals surface area (Å²) in [5, 5.41) is 13.4. The molecular formula is C22H27N3O5S. The maximum Gasteiger partial charge on any atom is 0.269 e. The zero-order valence-corrected chi connectivity index (χ0v) is 18.7. The van der Waals surface area contributed by atoms with Crippen LogP contribution in [0.2, 0.25) is 0 Å². The first-order valence-corrected chi connectivity index (χ1v) is 11.0. The van der Waals surface area contributed by atoms with E-state index < -0.39 is 11.0 Å². The Labute approximate surface area is 186 Å². The van der Waals surface area contributed by atoms with E-state index in [0.29, 0.717) is 18.7 Å². The standard InChI is InChI=1S/C22H27N3O5S/c1-4-20(22(27)23-2)24(13-16-7-11-19(30-3)12-8-16)21(26)15-31-14-17-5-9-18(10-6-17)25(28)29/h5-12,20H,4,13-15H2,1-3H3,(H,23,27)/t20-/m0/s1. The molecule has 8 nitrogen and oxygen atoms in total. The summed E-state index contributed by atoms with van der Waals surface area (Å²) < 4.78 is 5.18. The topological polar surface area (TPSA) is 102 Å². The molecular weight excluding hydrogens is 418 g/mol. The van der Waals surface area contributed by atoms with Crippen molar-refractivity contribution < 1.29 is 19.2 Å². The van der Waals surface area contributed by atoms with E-state index in [1.807, 2.05) is 31.2 Å². The number of amides is 2. The average Bonchev–Trinajstić information content (AvgIpc) is 2.79. The van der Waals surface area contributed by atoms with Gasteiger partial charge < -0.3 is 15.0 Å². The molecule has 166 valence electrons. The van der Waals surface area contributed by atoms with Gasteiger partial charge in [0.15, 0.2) is 0 Å². The molecule has 2 amide bonds. The largest absolute Gasteiger partial charge is 0.497 e. The van der Waals surface area contributed by atoms with Crippen LogP contribution >= 0.6 is 11.8 Å². The van der Waals surface area contributed by atoms with Crippen LogP contribution in [0.4, 0.5) is 5.69 Å². The lowest BCUT2D eigenvalue weighted by Crippen LogP contribution is -2.48. The van der Waals surface area contributed by atoms with Crippen molar-refractivity contribution in [3.05, 3.63) is 69.8 Å². The molecule has 9 heteroatoms. The molecule has 0 aliphatic rings. The lowest BCUT2D eigenvalue weighted by atomic mass is 10.1. The number of non-ortho nitro benzene ring substituents is 1. The van der Waals surface area contributed by atoms with Crippen molar-refractivity contribution in [2.24, 2.45) is 0 Å². The molecule has 0 radical (unpaired) electrons. The Kier molecular flexibility index (Phi) is 9.33. The molecule has 1 N–H and O–H groups in total. The summed E-state index contributed by atoms with van der Waals surface area (Å²) in [7, 11) is 3.15. The number of benzene rings is 2. The normalized spacial score (nSPS) is 11.5. The highest BCUT2D eigenvalue weighted by Gasteiger charge is 2.27. The van der Waals surface area contributed by atoms with Gasteiger partial charge in [0.1, 0.15) is 11.8 Å². The lowest BCUT2D eigenvalue weighted by Gasteiger charge is -2.30. The Balaban J connectivity index is 2.07. The summed E-state index contributed by atoms with van der Waals surface area (Å²) >= 11 is 1.41. The summed E-state index contributed by atoms with van der Waals surface area (Å²) in [4.78, 5) is 37.3. The minimum atomic E-state index is -0.570. The maximum atomic E-state index is 13.0. The highest BCUT2D eigenvalue weighted by atomic mass is 32.2. The Morgan fingerprint density at radius 3 is 2.26 bits per heavy atom. The first kappa shape index (κ1) is 24.2. The van der Waals surface area contributed by atoms with Gasteiger partial charge in [-0.25, -0.2) is 0 Å². The number of rotatable bonds is 11. The summed E-state index contributed by atoms with van der Waals surface area (Å²) in [5.41, 5.74) is 1.83. The van der Waals surface area contributed by atoms with Crippen LogP contribution in [-0.2, 0) is 21.9 Å². The van der Waals surface area contributed by atoms with Crippen LogP contribution in [0.1, 0.15) is 24.5 Å². The quantitative estimate of drug-likeness (QED) is 0.420. The first-order valence-electron chi connectivity index (χ1n) is 9.84. The van der Waals surface area contributed by atoms with E-state index in [2.05, 4.69) is 5.32 Å². The van der Waals surface area contributed by atoms with Crippen LogP contribution in [0.25, 0.3) is 0 Å². The number of likely N-dealkylation sites (N-methyl/N-ethyl adjacent to an activating group) is 1. The van der Waals surface area contributed by atoms with Gasteiger partial charge in [-0.1, -0.05) is 31.2 Å². The van der Waals surface area contributed by atoms with Gasteiger partial charge in [0, 0.05) is 31.5 Å². The average molecular weight is 446 g/mol. The fraction of sp³-hybridized carbons (Fsp3) is 0.364. The fourth-order valence-electron chi connectivity index (χ4n) is 3.07. The molecule has 0 unspecified atom stereocenters. The van der Waals surface area contributed by atoms with Crippen LogP contribution in [0.3, 0.4) is 0 Å². The van der Waals surface area contributed by atoms with Gasteiger partial charge in [-0.3, -0.25) is 19.7 Å². The fourth-order valence-corrected chi connectivity index (χ4v) is 3.94. The molecule has 1 atom stereocenters. The Hall–Kier alpha value is -3.07. The zero-order valence-electron chi connectivity index (χ0n) is 17.9. The highest BCUT2D eigenvalue weighted by Crippen LogP contribution is 2.20. The van der Waals surface area contributed by atoms with E-state index in [4.69, 9.17) is 4.74 Å². The van der Waals surface area contributed by atoms with Crippen molar-refractivity contribution in [3.8, 4) is 5.75 Å². The number of nitrogens with one attached hydrogen (secondary N) is 1. The van der Waals surface area contributed by atoms with Crippen molar-refractivity contribution in [2.45, 2.75) is 31.7 Å². The number of nitro benzene ring substituents is 1. The molecule has 2 aromatic carbocycles. The zero-order chi connectivity index (χ0) is 22.8. The summed E-state index contributed by atoms with van der Waals surface area (Å²) in [6, 6.07) is 13.1. The minimum absolute atomic E-state index is 0.0341. The number of ether oxygens (including phenoxy) is 1. The molecule has 2 rings (SSSR count). The molecule has 0 aliphatic carbocycles. The third-order valence-corrected chi connectivity index (χ3v) is 5.77. The lowest BCUT2D eigenvalue weighted by molar-refractivity contribution is -0.384. The second-order valence-electron chi connectivity index (χ2n) is 6.82. The van der Waals surface area contributed by atoms with E-state index in [9.17, 15) is 19.7 Å². The van der Waals surface area contributed by atoms with Crippen molar-refractivity contribution in [3.63, 3.8) is 0 Å². The second-order valence-corrected chi connectivity index (χ2v) is 7.81. The van der Waals surface area contributed by atoms with E-state index in [1.165, 1.54) is 23.9 Å². The van der Waals surface area contributed by atoms with Gasteiger partial charge in [0.2, 0.25) is 11.8 Å². The Bertz CT molecular complexity index is 887. The van der Waals surface area contributed by atoms with Crippen molar-refractivity contribution in [2.75, 3.05) is 19.9 Å². The number of methoxy groups -OCH3 is 1. The van der Waals surface area contributed by atoms with E-state index >= 15 is 0 Å². The Morgan fingerprint density at radius 1 is 1.13 bits per heavy atom. The van der Waals surface area contributed by atoms with Gasteiger partial charge in [-0.15, -0.1) is 11.8 Å². The van der Waals surface area contributed by atoms with Crippen LogP contribution in [0.15, 0.2) is 48.5 Å². The van der Waals surface area contributed by atoms with Crippen LogP contribution in [0, 0.1) is 10.1 Å². The smallest absolute Gasteiger partial charge is 0.269 e. The van der Waals surface area contributed by atoms with Gasteiger partial charge in [-0.05, 0) is 29.7 Å². The van der Waals surface area contributed by atoms with Crippen molar-refractivity contribution >= 4 is 29.3 Å². The van der Waals surface area contributed by atoms with Crippen LogP contribution < -0.4 is 10.1 Å². The highest BCUT2D eigenvalue weighted by molar-refractivity contribution is 7.99. The third kappa shape index (κ3) is 6.99. The summed E-state index contributed by atoms with van der Waals surface area (Å²) in [6.07, 6.45) is 0.495. The number of hydrogen-bond acceptors (Lipinski definition) is 6. The number of nitrogens with zero attached hydrogens (tertiary/aromatic N) is 2. The molecule has 0 bridgehead atoms. The monoisotopic (exact) mass is 445 g/mol. The predicted octanol–water partition coefficient (Wildman–Crippen LogP) is 3.39. The second kappa shape index (κ2) is 11.9. The number of carbonyl (C=O) groups excluding carboxylic acids is 2. The first-order chi connectivity index (χ1) is 14.9. The molecule has 0 saturated carbocycles. The van der Waals surface area contributed by atoms with Crippen molar-refractivity contribution in [1.29, 1.82) is 0 Å². The molecule has 0 aliphatic heterocycles. The van der Waals surface area contributed by atoms with E-state index in [0.717, 1.165) is 16.9 Å². The predicted molar refractivity (Wildman–Crippen MR) is 121 cm³/mol. The van der Waals surface area contributed by atoms with Gasteiger partial charge >= 0.3 is 0 Å². The molecule has 0 spiro atoms. The van der Waals surface area contributed by atoms with Crippen LogP contribution in [0.5, 0.6) is 5.75 Å². The molecule has 31 heavy (non-hydrogen) atoms.